The number of rotatable bonds is 2. The Bertz CT molecular complexity index is 591. The van der Waals surface area contributed by atoms with Crippen molar-refractivity contribution in [2.75, 3.05) is 13.2 Å². The lowest BCUT2D eigenvalue weighted by Gasteiger charge is -2.44. The van der Waals surface area contributed by atoms with E-state index in [0.717, 1.165) is 0 Å². The molecule has 0 amide bonds. The number of hydrogen-bond donors (Lipinski definition) is 0. The zero-order chi connectivity index (χ0) is 16.2. The normalized spacial score (nSPS) is 34.5. The Balaban J connectivity index is 1.78. The fourth-order valence-electron chi connectivity index (χ4n) is 3.56. The topological polar surface area (TPSA) is 61.8 Å². The monoisotopic (exact) mass is 342 g/mol. The Labute approximate surface area is 126 Å². The molecule has 2 aliphatic carbocycles. The number of allylic oxidation sites excluding steroid dienone is 2. The second-order valence-electron chi connectivity index (χ2n) is 6.21. The summed E-state index contributed by atoms with van der Waals surface area (Å²) in [6, 6.07) is 0. The first-order valence-corrected chi connectivity index (χ1v) is 8.48. The lowest BCUT2D eigenvalue weighted by molar-refractivity contribution is -0.201. The van der Waals surface area contributed by atoms with Crippen LogP contribution >= 0.6 is 0 Å². The molecule has 1 aliphatic heterocycles. The summed E-state index contributed by atoms with van der Waals surface area (Å²) >= 11 is 0. The number of alkyl halides is 3. The molecule has 0 bridgehead atoms. The zero-order valence-corrected chi connectivity index (χ0v) is 12.8. The van der Waals surface area contributed by atoms with Crippen LogP contribution in [-0.4, -0.2) is 32.9 Å². The summed E-state index contributed by atoms with van der Waals surface area (Å²) in [5.41, 5.74) is -6.16. The number of ether oxygens (including phenoxy) is 2. The molecule has 3 aliphatic rings. The molecule has 9 heteroatoms. The maximum Gasteiger partial charge on any atom is 0.534 e. The van der Waals surface area contributed by atoms with Gasteiger partial charge in [0.25, 0.3) is 0 Å². The van der Waals surface area contributed by atoms with Crippen LogP contribution < -0.4 is 0 Å². The van der Waals surface area contributed by atoms with E-state index in [4.69, 9.17) is 9.47 Å². The molecular weight excluding hydrogens is 325 g/mol. The van der Waals surface area contributed by atoms with Crippen molar-refractivity contribution in [1.82, 2.24) is 0 Å². The molecule has 0 N–H and O–H groups in total. The average molecular weight is 342 g/mol. The van der Waals surface area contributed by atoms with E-state index in [1.807, 2.05) is 0 Å². The van der Waals surface area contributed by atoms with E-state index in [9.17, 15) is 21.6 Å². The van der Waals surface area contributed by atoms with E-state index in [2.05, 4.69) is 4.18 Å². The highest BCUT2D eigenvalue weighted by Gasteiger charge is 2.57. The van der Waals surface area contributed by atoms with Crippen molar-refractivity contribution >= 4 is 10.1 Å². The fraction of sp³-hybridized carbons (Fsp3) is 0.846. The van der Waals surface area contributed by atoms with Gasteiger partial charge in [-0.2, -0.15) is 21.6 Å². The molecule has 0 unspecified atom stereocenters. The smallest absolute Gasteiger partial charge is 0.380 e. The molecule has 126 valence electrons. The predicted octanol–water partition coefficient (Wildman–Crippen LogP) is 2.69. The molecule has 1 heterocycles. The lowest BCUT2D eigenvalue weighted by Crippen LogP contribution is -2.44. The molecule has 0 radical (unpaired) electrons. The third kappa shape index (κ3) is 2.43. The van der Waals surface area contributed by atoms with Crippen molar-refractivity contribution in [2.45, 2.75) is 43.9 Å². The Morgan fingerprint density at radius 3 is 2.50 bits per heavy atom. The first-order chi connectivity index (χ1) is 10.1. The van der Waals surface area contributed by atoms with Crippen LogP contribution in [0.5, 0.6) is 0 Å². The standard InChI is InChI=1S/C13H17F3O5S/c1-11-4-5-12(19-6-7-20-12)8-9(11)2-3-10(11)21-22(17,18)13(14,15)16/h3,9H,2,4-8H2,1H3/t9-,11-/m0/s1. The van der Waals surface area contributed by atoms with E-state index in [1.54, 1.807) is 6.92 Å². The Morgan fingerprint density at radius 2 is 1.91 bits per heavy atom. The molecule has 5 nitrogen and oxygen atoms in total. The van der Waals surface area contributed by atoms with E-state index < -0.39 is 26.8 Å². The summed E-state index contributed by atoms with van der Waals surface area (Å²) in [6.07, 6.45) is 3.39. The average Bonchev–Trinajstić information content (AvgIpc) is 2.96. The van der Waals surface area contributed by atoms with Crippen LogP contribution in [0, 0.1) is 11.3 Å². The van der Waals surface area contributed by atoms with Crippen molar-refractivity contribution in [1.29, 1.82) is 0 Å². The van der Waals surface area contributed by atoms with Crippen molar-refractivity contribution in [3.63, 3.8) is 0 Å². The molecule has 2 atom stereocenters. The van der Waals surface area contributed by atoms with Gasteiger partial charge in [-0.25, -0.2) is 0 Å². The molecule has 1 spiro atoms. The number of halogens is 3. The Morgan fingerprint density at radius 1 is 1.27 bits per heavy atom. The van der Waals surface area contributed by atoms with Gasteiger partial charge in [-0.3, -0.25) is 0 Å². The third-order valence-corrected chi connectivity index (χ3v) is 5.90. The minimum absolute atomic E-state index is 0.0576. The van der Waals surface area contributed by atoms with Gasteiger partial charge in [-0.15, -0.1) is 0 Å². The van der Waals surface area contributed by atoms with Crippen molar-refractivity contribution in [3.05, 3.63) is 11.8 Å². The number of fused-ring (bicyclic) bond motifs is 1. The predicted molar refractivity (Wildman–Crippen MR) is 68.8 cm³/mol. The summed E-state index contributed by atoms with van der Waals surface area (Å²) in [5, 5.41) is 0. The maximum absolute atomic E-state index is 12.5. The summed E-state index contributed by atoms with van der Waals surface area (Å²) in [4.78, 5) is 0. The summed E-state index contributed by atoms with van der Waals surface area (Å²) < 4.78 is 75.7. The van der Waals surface area contributed by atoms with Crippen LogP contribution in [0.2, 0.25) is 0 Å². The molecular formula is C13H17F3O5S. The molecule has 0 aromatic carbocycles. The quantitative estimate of drug-likeness (QED) is 0.570. The van der Waals surface area contributed by atoms with Crippen LogP contribution in [0.1, 0.15) is 32.6 Å². The second-order valence-corrected chi connectivity index (χ2v) is 7.75. The van der Waals surface area contributed by atoms with Gasteiger partial charge in [-0.1, -0.05) is 6.92 Å². The molecule has 1 saturated heterocycles. The second kappa shape index (κ2) is 4.85. The van der Waals surface area contributed by atoms with Crippen LogP contribution in [0.3, 0.4) is 0 Å². The zero-order valence-electron chi connectivity index (χ0n) is 12.0. The molecule has 22 heavy (non-hydrogen) atoms. The highest BCUT2D eigenvalue weighted by atomic mass is 32.2. The highest BCUT2D eigenvalue weighted by Crippen LogP contribution is 2.57. The molecule has 1 saturated carbocycles. The molecule has 0 aromatic heterocycles. The lowest BCUT2D eigenvalue weighted by atomic mass is 9.67. The van der Waals surface area contributed by atoms with Crippen molar-refractivity contribution in [2.24, 2.45) is 11.3 Å². The highest BCUT2D eigenvalue weighted by molar-refractivity contribution is 7.87. The van der Waals surface area contributed by atoms with Gasteiger partial charge in [0.2, 0.25) is 0 Å². The van der Waals surface area contributed by atoms with E-state index in [0.29, 0.717) is 38.9 Å². The van der Waals surface area contributed by atoms with Crippen LogP contribution in [0.25, 0.3) is 0 Å². The van der Waals surface area contributed by atoms with E-state index >= 15 is 0 Å². The largest absolute Gasteiger partial charge is 0.534 e. The summed E-state index contributed by atoms with van der Waals surface area (Å²) in [5.74, 6) is -0.837. The van der Waals surface area contributed by atoms with Crippen LogP contribution in [0.4, 0.5) is 13.2 Å². The SMILES string of the molecule is C[C@]12CCC3(C[C@@H]1CC=C2OS(=O)(=O)C(F)(F)F)OCCO3. The summed E-state index contributed by atoms with van der Waals surface area (Å²) in [7, 11) is -5.63. The van der Waals surface area contributed by atoms with Gasteiger partial charge in [-0.05, 0) is 24.8 Å². The number of hydrogen-bond acceptors (Lipinski definition) is 5. The van der Waals surface area contributed by atoms with Gasteiger partial charge < -0.3 is 13.7 Å². The van der Waals surface area contributed by atoms with Gasteiger partial charge in [0.05, 0.1) is 13.2 Å². The van der Waals surface area contributed by atoms with Crippen LogP contribution in [0.15, 0.2) is 11.8 Å². The van der Waals surface area contributed by atoms with Gasteiger partial charge >= 0.3 is 15.6 Å². The van der Waals surface area contributed by atoms with E-state index in [-0.39, 0.29) is 11.7 Å². The third-order valence-electron chi connectivity index (χ3n) is 4.93. The molecule has 0 aromatic rings. The molecule has 2 fully saturated rings. The minimum atomic E-state index is -5.63. The van der Waals surface area contributed by atoms with Crippen LogP contribution in [-0.2, 0) is 23.8 Å². The first kappa shape index (κ1) is 16.1. The minimum Gasteiger partial charge on any atom is -0.380 e. The van der Waals surface area contributed by atoms with Crippen molar-refractivity contribution < 1.29 is 35.2 Å². The van der Waals surface area contributed by atoms with Gasteiger partial charge in [0, 0.05) is 18.3 Å². The van der Waals surface area contributed by atoms with Gasteiger partial charge in [0.1, 0.15) is 5.76 Å². The maximum atomic E-state index is 12.5. The van der Waals surface area contributed by atoms with Crippen molar-refractivity contribution in [3.8, 4) is 0 Å². The molecule has 3 rings (SSSR count). The summed E-state index contributed by atoms with van der Waals surface area (Å²) in [6.45, 7) is 2.75. The van der Waals surface area contributed by atoms with E-state index in [1.165, 1.54) is 6.08 Å². The first-order valence-electron chi connectivity index (χ1n) is 7.07. The fourth-order valence-corrected chi connectivity index (χ4v) is 4.15. The van der Waals surface area contributed by atoms with Gasteiger partial charge in [0.15, 0.2) is 5.79 Å². The Hall–Kier alpha value is -0.800. The Kier molecular flexibility index (Phi) is 3.54.